The molecule has 0 spiro atoms. The maximum Gasteiger partial charge on any atom is 0.416 e. The molecule has 4 rings (SSSR count). The van der Waals surface area contributed by atoms with Gasteiger partial charge in [-0.15, -0.1) is 0 Å². The van der Waals surface area contributed by atoms with Crippen molar-refractivity contribution in [3.05, 3.63) is 53.4 Å². The molecule has 2 amide bonds. The second-order valence-corrected chi connectivity index (χ2v) is 7.36. The van der Waals surface area contributed by atoms with Gasteiger partial charge in [0.15, 0.2) is 0 Å². The zero-order valence-corrected chi connectivity index (χ0v) is 15.5. The van der Waals surface area contributed by atoms with Crippen molar-refractivity contribution >= 4 is 6.03 Å². The van der Waals surface area contributed by atoms with Gasteiger partial charge in [0.05, 0.1) is 37.7 Å². The van der Waals surface area contributed by atoms with Crippen LogP contribution in [-0.4, -0.2) is 58.1 Å². The van der Waals surface area contributed by atoms with E-state index >= 15 is 0 Å². The van der Waals surface area contributed by atoms with Crippen molar-refractivity contribution in [3.8, 4) is 0 Å². The van der Waals surface area contributed by atoms with Crippen molar-refractivity contribution < 1.29 is 27.1 Å². The Kier molecular flexibility index (Phi) is 5.20. The van der Waals surface area contributed by atoms with Gasteiger partial charge in [-0.05, 0) is 18.6 Å². The first kappa shape index (κ1) is 19.7. The van der Waals surface area contributed by atoms with Crippen LogP contribution in [0.3, 0.4) is 0 Å². The summed E-state index contributed by atoms with van der Waals surface area (Å²) >= 11 is 0. The first-order valence-corrected chi connectivity index (χ1v) is 9.30. The highest BCUT2D eigenvalue weighted by atomic mass is 19.4. The Labute approximate surface area is 164 Å². The van der Waals surface area contributed by atoms with Crippen LogP contribution in [0.25, 0.3) is 0 Å². The number of hydrogen-bond acceptors (Lipinski definition) is 3. The van der Waals surface area contributed by atoms with E-state index in [1.165, 1.54) is 0 Å². The standard InChI is InChI=1S/C19H20F4N4O2/c20-16-5-14(19(21,22)23)2-1-13(16)10-29-15-8-27(9-15)18(28)26-4-3-12(7-26)17-6-24-11-25-17/h1-2,5-6,11-12,15H,3-4,7-10H2,(H,24,25). The fourth-order valence-electron chi connectivity index (χ4n) is 3.63. The lowest BCUT2D eigenvalue weighted by Crippen LogP contribution is -2.58. The molecule has 1 atom stereocenters. The number of carbonyl (C=O) groups excluding carboxylic acids is 1. The molecule has 1 N–H and O–H groups in total. The highest BCUT2D eigenvalue weighted by molar-refractivity contribution is 5.76. The molecular weight excluding hydrogens is 392 g/mol. The molecule has 6 nitrogen and oxygen atoms in total. The van der Waals surface area contributed by atoms with E-state index in [-0.39, 0.29) is 30.2 Å². The van der Waals surface area contributed by atoms with E-state index in [1.807, 2.05) is 0 Å². The summed E-state index contributed by atoms with van der Waals surface area (Å²) in [6, 6.07) is 2.33. The third-order valence-electron chi connectivity index (χ3n) is 5.39. The average molecular weight is 412 g/mol. The zero-order valence-electron chi connectivity index (χ0n) is 15.5. The van der Waals surface area contributed by atoms with Crippen LogP contribution in [0.15, 0.2) is 30.7 Å². The van der Waals surface area contributed by atoms with Crippen LogP contribution in [0.5, 0.6) is 0 Å². The fourth-order valence-corrected chi connectivity index (χ4v) is 3.63. The molecule has 0 bridgehead atoms. The summed E-state index contributed by atoms with van der Waals surface area (Å²) in [5.74, 6) is -0.702. The van der Waals surface area contributed by atoms with Crippen LogP contribution in [0.2, 0.25) is 0 Å². The number of benzene rings is 1. The number of aromatic nitrogens is 2. The van der Waals surface area contributed by atoms with Gasteiger partial charge < -0.3 is 19.5 Å². The van der Waals surface area contributed by atoms with Crippen LogP contribution in [0.1, 0.15) is 29.2 Å². The Morgan fingerprint density at radius 2 is 2.03 bits per heavy atom. The van der Waals surface area contributed by atoms with E-state index in [0.29, 0.717) is 32.2 Å². The molecule has 10 heteroatoms. The van der Waals surface area contributed by atoms with Crippen molar-refractivity contribution in [2.24, 2.45) is 0 Å². The number of amides is 2. The maximum atomic E-state index is 13.9. The highest BCUT2D eigenvalue weighted by Crippen LogP contribution is 2.31. The summed E-state index contributed by atoms with van der Waals surface area (Å²) in [5.41, 5.74) is 0.0478. The molecule has 0 saturated carbocycles. The van der Waals surface area contributed by atoms with Crippen LogP contribution >= 0.6 is 0 Å². The van der Waals surface area contributed by atoms with Gasteiger partial charge in [-0.2, -0.15) is 13.2 Å². The number of urea groups is 1. The van der Waals surface area contributed by atoms with Crippen molar-refractivity contribution in [3.63, 3.8) is 0 Å². The van der Waals surface area contributed by atoms with E-state index in [9.17, 15) is 22.4 Å². The monoisotopic (exact) mass is 412 g/mol. The quantitative estimate of drug-likeness (QED) is 0.784. The summed E-state index contributed by atoms with van der Waals surface area (Å²) in [4.78, 5) is 23.1. The topological polar surface area (TPSA) is 61.5 Å². The third kappa shape index (κ3) is 4.21. The van der Waals surface area contributed by atoms with Gasteiger partial charge in [0.1, 0.15) is 5.82 Å². The van der Waals surface area contributed by atoms with Crippen LogP contribution < -0.4 is 0 Å². The summed E-state index contributed by atoms with van der Waals surface area (Å²) in [5, 5.41) is 0. The number of H-pyrrole nitrogens is 1. The van der Waals surface area contributed by atoms with Crippen molar-refractivity contribution in [2.45, 2.75) is 31.2 Å². The minimum absolute atomic E-state index is 0.0599. The minimum Gasteiger partial charge on any atom is -0.370 e. The van der Waals surface area contributed by atoms with Gasteiger partial charge in [-0.25, -0.2) is 14.2 Å². The van der Waals surface area contributed by atoms with Crippen molar-refractivity contribution in [1.82, 2.24) is 19.8 Å². The molecule has 2 fully saturated rings. The van der Waals surface area contributed by atoms with Gasteiger partial charge in [-0.1, -0.05) is 6.07 Å². The number of alkyl halides is 3. The molecule has 1 aromatic carbocycles. The predicted molar refractivity (Wildman–Crippen MR) is 94.5 cm³/mol. The normalized spacial score (nSPS) is 20.2. The highest BCUT2D eigenvalue weighted by Gasteiger charge is 2.37. The van der Waals surface area contributed by atoms with Gasteiger partial charge in [-0.3, -0.25) is 0 Å². The molecule has 3 heterocycles. The number of imidazole rings is 1. The van der Waals surface area contributed by atoms with E-state index in [0.717, 1.165) is 24.2 Å². The lowest BCUT2D eigenvalue weighted by molar-refractivity contribution is -0.137. The van der Waals surface area contributed by atoms with Crippen LogP contribution in [0, 0.1) is 5.82 Å². The van der Waals surface area contributed by atoms with E-state index < -0.39 is 17.6 Å². The summed E-state index contributed by atoms with van der Waals surface area (Å²) in [6.45, 7) is 1.92. The lowest BCUT2D eigenvalue weighted by atomic mass is 10.1. The number of likely N-dealkylation sites (tertiary alicyclic amines) is 2. The summed E-state index contributed by atoms with van der Waals surface area (Å²) < 4.78 is 57.2. The van der Waals surface area contributed by atoms with E-state index in [1.54, 1.807) is 22.3 Å². The van der Waals surface area contributed by atoms with Crippen LogP contribution in [-0.2, 0) is 17.5 Å². The second kappa shape index (κ2) is 7.66. The number of ether oxygens (including phenoxy) is 1. The smallest absolute Gasteiger partial charge is 0.370 e. The molecule has 0 radical (unpaired) electrons. The van der Waals surface area contributed by atoms with Gasteiger partial charge >= 0.3 is 12.2 Å². The first-order chi connectivity index (χ1) is 13.8. The lowest BCUT2D eigenvalue weighted by Gasteiger charge is -2.40. The summed E-state index contributed by atoms with van der Waals surface area (Å²) in [6.07, 6.45) is -0.578. The number of nitrogens with one attached hydrogen (secondary N) is 1. The number of rotatable bonds is 4. The van der Waals surface area contributed by atoms with E-state index in [4.69, 9.17) is 4.74 Å². The molecule has 2 aliphatic rings. The molecule has 1 aromatic heterocycles. The zero-order chi connectivity index (χ0) is 20.6. The molecule has 0 aliphatic carbocycles. The van der Waals surface area contributed by atoms with Gasteiger partial charge in [0, 0.05) is 36.5 Å². The molecule has 2 aliphatic heterocycles. The molecule has 29 heavy (non-hydrogen) atoms. The third-order valence-corrected chi connectivity index (χ3v) is 5.39. The molecule has 156 valence electrons. The number of hydrogen-bond donors (Lipinski definition) is 1. The largest absolute Gasteiger partial charge is 0.416 e. The molecule has 2 aromatic rings. The Bertz CT molecular complexity index is 866. The second-order valence-electron chi connectivity index (χ2n) is 7.36. The minimum atomic E-state index is -4.58. The SMILES string of the molecule is O=C(N1CC(OCc2ccc(C(F)(F)F)cc2F)C1)N1CCC(c2cnc[nH]2)C1. The molecule has 1 unspecified atom stereocenters. The molecule has 2 saturated heterocycles. The summed E-state index contributed by atoms with van der Waals surface area (Å²) in [7, 11) is 0. The number of halogens is 4. The van der Waals surface area contributed by atoms with Crippen molar-refractivity contribution in [2.75, 3.05) is 26.2 Å². The average Bonchev–Trinajstić information content (AvgIpc) is 3.31. The van der Waals surface area contributed by atoms with E-state index in [2.05, 4.69) is 9.97 Å². The Hall–Kier alpha value is -2.62. The van der Waals surface area contributed by atoms with Gasteiger partial charge in [0.25, 0.3) is 0 Å². The number of nitrogens with zero attached hydrogens (tertiary/aromatic N) is 3. The number of aromatic amines is 1. The first-order valence-electron chi connectivity index (χ1n) is 9.30. The van der Waals surface area contributed by atoms with Gasteiger partial charge in [0.2, 0.25) is 0 Å². The Morgan fingerprint density at radius 1 is 1.24 bits per heavy atom. The fraction of sp³-hybridized carbons (Fsp3) is 0.474. The number of carbonyl (C=O) groups is 1. The van der Waals surface area contributed by atoms with Crippen molar-refractivity contribution in [1.29, 1.82) is 0 Å². The van der Waals surface area contributed by atoms with Crippen LogP contribution in [0.4, 0.5) is 22.4 Å². The molecular formula is C19H20F4N4O2. The predicted octanol–water partition coefficient (Wildman–Crippen LogP) is 3.38. The maximum absolute atomic E-state index is 13.9. The Balaban J connectivity index is 1.23. The Morgan fingerprint density at radius 3 is 2.69 bits per heavy atom.